The highest BCUT2D eigenvalue weighted by molar-refractivity contribution is 6.30. The Labute approximate surface area is 89.3 Å². The molecule has 2 unspecified atom stereocenters. The molecule has 78 valence electrons. The summed E-state index contributed by atoms with van der Waals surface area (Å²) < 4.78 is 2.22. The normalized spacial score (nSPS) is 23.3. The van der Waals surface area contributed by atoms with Crippen LogP contribution >= 0.6 is 11.6 Å². The van der Waals surface area contributed by atoms with Gasteiger partial charge < -0.3 is 10.3 Å². The number of imidazole rings is 1. The largest absolute Gasteiger partial charge is 0.326 e. The second kappa shape index (κ2) is 3.55. The first-order valence-electron chi connectivity index (χ1n) is 5.10. The van der Waals surface area contributed by atoms with Gasteiger partial charge in [-0.3, -0.25) is 0 Å². The molecule has 0 aliphatic carbocycles. The quantitative estimate of drug-likeness (QED) is 0.776. The Morgan fingerprint density at radius 2 is 2.36 bits per heavy atom. The first kappa shape index (κ1) is 9.99. The van der Waals surface area contributed by atoms with Crippen LogP contribution in [0.2, 0.25) is 5.15 Å². The van der Waals surface area contributed by atoms with Gasteiger partial charge in [-0.15, -0.1) is 0 Å². The van der Waals surface area contributed by atoms with Crippen molar-refractivity contribution in [1.82, 2.24) is 9.55 Å². The fourth-order valence-electron chi connectivity index (χ4n) is 2.32. The summed E-state index contributed by atoms with van der Waals surface area (Å²) in [6, 6.07) is 0.539. The van der Waals surface area contributed by atoms with E-state index in [1.807, 2.05) is 13.8 Å². The highest BCUT2D eigenvalue weighted by Crippen LogP contribution is 2.32. The van der Waals surface area contributed by atoms with Crippen LogP contribution in [0, 0.1) is 6.92 Å². The smallest absolute Gasteiger partial charge is 0.150 e. The van der Waals surface area contributed by atoms with E-state index >= 15 is 0 Å². The predicted octanol–water partition coefficient (Wildman–Crippen LogP) is 2.07. The molecule has 0 spiro atoms. The van der Waals surface area contributed by atoms with E-state index in [1.165, 1.54) is 0 Å². The number of hydrogen-bond acceptors (Lipinski definition) is 2. The first-order valence-corrected chi connectivity index (χ1v) is 5.48. The molecule has 0 saturated carbocycles. The molecule has 0 amide bonds. The third kappa shape index (κ3) is 1.44. The fraction of sp³-hybridized carbons (Fsp3) is 0.700. The van der Waals surface area contributed by atoms with E-state index in [4.69, 9.17) is 17.3 Å². The molecule has 2 heterocycles. The van der Waals surface area contributed by atoms with Gasteiger partial charge in [0.05, 0.1) is 5.69 Å². The molecule has 0 aromatic carbocycles. The Morgan fingerprint density at radius 1 is 1.64 bits per heavy atom. The number of fused-ring (bicyclic) bond motifs is 1. The van der Waals surface area contributed by atoms with Crippen LogP contribution in [0.4, 0.5) is 0 Å². The first-order chi connectivity index (χ1) is 6.61. The van der Waals surface area contributed by atoms with Gasteiger partial charge in [0.15, 0.2) is 5.15 Å². The maximum atomic E-state index is 6.06. The van der Waals surface area contributed by atoms with Gasteiger partial charge in [0.1, 0.15) is 5.82 Å². The van der Waals surface area contributed by atoms with Crippen molar-refractivity contribution in [2.75, 3.05) is 0 Å². The van der Waals surface area contributed by atoms with Gasteiger partial charge >= 0.3 is 0 Å². The van der Waals surface area contributed by atoms with Crippen molar-refractivity contribution in [3.05, 3.63) is 16.7 Å². The monoisotopic (exact) mass is 213 g/mol. The molecule has 1 aliphatic rings. The van der Waals surface area contributed by atoms with Gasteiger partial charge in [0.2, 0.25) is 0 Å². The zero-order valence-electron chi connectivity index (χ0n) is 8.63. The van der Waals surface area contributed by atoms with Gasteiger partial charge in [0.25, 0.3) is 0 Å². The molecular formula is C10H16ClN3. The summed E-state index contributed by atoms with van der Waals surface area (Å²) in [5, 5.41) is 0.660. The molecule has 0 saturated heterocycles. The van der Waals surface area contributed by atoms with Gasteiger partial charge in [-0.05, 0) is 33.1 Å². The van der Waals surface area contributed by atoms with Crippen LogP contribution in [0.15, 0.2) is 0 Å². The molecular weight excluding hydrogens is 198 g/mol. The average Bonchev–Trinajstić information content (AvgIpc) is 2.43. The lowest BCUT2D eigenvalue weighted by Gasteiger charge is -2.29. The zero-order chi connectivity index (χ0) is 10.3. The molecule has 3 nitrogen and oxygen atoms in total. The van der Waals surface area contributed by atoms with E-state index in [0.717, 1.165) is 30.8 Å². The standard InChI is InChI=1S/C10H16ClN3/c1-6(12)8-4-3-5-9-10(11)13-7(2)14(8)9/h6,8H,3-5,12H2,1-2H3. The predicted molar refractivity (Wildman–Crippen MR) is 57.6 cm³/mol. The Morgan fingerprint density at radius 3 is 3.00 bits per heavy atom. The van der Waals surface area contributed by atoms with E-state index in [2.05, 4.69) is 9.55 Å². The van der Waals surface area contributed by atoms with Crippen molar-refractivity contribution >= 4 is 11.6 Å². The number of aromatic nitrogens is 2. The Kier molecular flexibility index (Phi) is 2.54. The van der Waals surface area contributed by atoms with Crippen molar-refractivity contribution in [1.29, 1.82) is 0 Å². The Bertz CT molecular complexity index is 343. The van der Waals surface area contributed by atoms with Crippen LogP contribution in [0.25, 0.3) is 0 Å². The topological polar surface area (TPSA) is 43.8 Å². The lowest BCUT2D eigenvalue weighted by Crippen LogP contribution is -2.33. The van der Waals surface area contributed by atoms with E-state index in [1.54, 1.807) is 0 Å². The molecule has 14 heavy (non-hydrogen) atoms. The molecule has 2 atom stereocenters. The van der Waals surface area contributed by atoms with E-state index in [9.17, 15) is 0 Å². The number of halogens is 1. The molecule has 1 aliphatic heterocycles. The van der Waals surface area contributed by atoms with Crippen molar-refractivity contribution in [2.45, 2.75) is 45.2 Å². The maximum absolute atomic E-state index is 6.06. The number of nitrogens with zero attached hydrogens (tertiary/aromatic N) is 2. The lowest BCUT2D eigenvalue weighted by atomic mass is 9.98. The molecule has 1 aromatic rings. The van der Waals surface area contributed by atoms with Gasteiger partial charge in [-0.1, -0.05) is 11.6 Å². The van der Waals surface area contributed by atoms with E-state index < -0.39 is 0 Å². The number of aryl methyl sites for hydroxylation is 1. The molecule has 1 aromatic heterocycles. The van der Waals surface area contributed by atoms with Crippen molar-refractivity contribution < 1.29 is 0 Å². The third-order valence-corrected chi connectivity index (χ3v) is 3.29. The molecule has 2 rings (SSSR count). The summed E-state index contributed by atoms with van der Waals surface area (Å²) >= 11 is 6.06. The molecule has 0 bridgehead atoms. The summed E-state index contributed by atoms with van der Waals surface area (Å²) in [6.45, 7) is 4.04. The second-order valence-electron chi connectivity index (χ2n) is 4.09. The lowest BCUT2D eigenvalue weighted by molar-refractivity contribution is 0.348. The summed E-state index contributed by atoms with van der Waals surface area (Å²) in [6.07, 6.45) is 3.33. The van der Waals surface area contributed by atoms with Gasteiger partial charge in [0, 0.05) is 12.1 Å². The number of nitrogens with two attached hydrogens (primary N) is 1. The summed E-state index contributed by atoms with van der Waals surface area (Å²) in [5.41, 5.74) is 7.13. The van der Waals surface area contributed by atoms with Crippen LogP contribution in [-0.2, 0) is 6.42 Å². The van der Waals surface area contributed by atoms with Crippen LogP contribution in [0.3, 0.4) is 0 Å². The van der Waals surface area contributed by atoms with Crippen LogP contribution in [0.1, 0.15) is 37.3 Å². The van der Waals surface area contributed by atoms with E-state index in [-0.39, 0.29) is 6.04 Å². The average molecular weight is 214 g/mol. The summed E-state index contributed by atoms with van der Waals surface area (Å²) in [7, 11) is 0. The van der Waals surface area contributed by atoms with Gasteiger partial charge in [-0.25, -0.2) is 4.98 Å². The summed E-state index contributed by atoms with van der Waals surface area (Å²) in [5.74, 6) is 0.993. The maximum Gasteiger partial charge on any atom is 0.150 e. The van der Waals surface area contributed by atoms with Crippen LogP contribution < -0.4 is 5.73 Å². The minimum Gasteiger partial charge on any atom is -0.326 e. The Hall–Kier alpha value is -0.540. The minimum atomic E-state index is 0.165. The van der Waals surface area contributed by atoms with Crippen LogP contribution in [-0.4, -0.2) is 15.6 Å². The highest BCUT2D eigenvalue weighted by Gasteiger charge is 2.26. The minimum absolute atomic E-state index is 0.165. The van der Waals surface area contributed by atoms with Crippen molar-refractivity contribution in [3.8, 4) is 0 Å². The highest BCUT2D eigenvalue weighted by atomic mass is 35.5. The van der Waals surface area contributed by atoms with Crippen molar-refractivity contribution in [3.63, 3.8) is 0 Å². The number of rotatable bonds is 1. The fourth-order valence-corrected chi connectivity index (χ4v) is 2.63. The van der Waals surface area contributed by atoms with Crippen molar-refractivity contribution in [2.24, 2.45) is 5.73 Å². The third-order valence-electron chi connectivity index (χ3n) is 2.99. The summed E-state index contributed by atoms with van der Waals surface area (Å²) in [4.78, 5) is 4.30. The van der Waals surface area contributed by atoms with Crippen LogP contribution in [0.5, 0.6) is 0 Å². The molecule has 2 N–H and O–H groups in total. The van der Waals surface area contributed by atoms with E-state index in [0.29, 0.717) is 11.2 Å². The molecule has 4 heteroatoms. The molecule has 0 fully saturated rings. The number of hydrogen-bond donors (Lipinski definition) is 1. The second-order valence-corrected chi connectivity index (χ2v) is 4.44. The SMILES string of the molecule is Cc1nc(Cl)c2n1C(C(C)N)CCC2. The zero-order valence-corrected chi connectivity index (χ0v) is 9.38. The van der Waals surface area contributed by atoms with Gasteiger partial charge in [-0.2, -0.15) is 0 Å². The molecule has 0 radical (unpaired) electrons. The Balaban J connectivity index is 2.48.